The smallest absolute Gasteiger partial charge is 0.247 e. The summed E-state index contributed by atoms with van der Waals surface area (Å²) in [5.74, 6) is 0.556. The molecule has 7 heteroatoms. The molecule has 2 aromatic rings. The third kappa shape index (κ3) is 4.09. The number of carbonyl (C=O) groups is 2. The highest BCUT2D eigenvalue weighted by molar-refractivity contribution is 5.97. The number of anilines is 1. The molecule has 0 saturated carbocycles. The molecule has 0 aliphatic carbocycles. The van der Waals surface area contributed by atoms with E-state index >= 15 is 0 Å². The predicted octanol–water partition coefficient (Wildman–Crippen LogP) is 2.60. The van der Waals surface area contributed by atoms with Crippen molar-refractivity contribution < 1.29 is 9.59 Å². The minimum Gasteiger partial charge on any atom is -0.331 e. The average Bonchev–Trinajstić information content (AvgIpc) is 3.08. The van der Waals surface area contributed by atoms with Gasteiger partial charge in [0.05, 0.1) is 0 Å². The Balaban J connectivity index is 1.73. The van der Waals surface area contributed by atoms with Crippen LogP contribution in [0.15, 0.2) is 30.6 Å². The zero-order valence-corrected chi connectivity index (χ0v) is 15.3. The zero-order chi connectivity index (χ0) is 18.5. The lowest BCUT2D eigenvalue weighted by Gasteiger charge is -2.34. The van der Waals surface area contributed by atoms with Gasteiger partial charge in [-0.25, -0.2) is 4.98 Å². The van der Waals surface area contributed by atoms with Crippen molar-refractivity contribution in [3.8, 4) is 11.4 Å². The molecule has 1 aromatic heterocycles. The fraction of sp³-hybridized carbons (Fsp3) is 0.474. The van der Waals surface area contributed by atoms with Gasteiger partial charge in [-0.3, -0.25) is 14.3 Å². The molecule has 1 aliphatic heterocycles. The summed E-state index contributed by atoms with van der Waals surface area (Å²) in [7, 11) is 1.81. The molecule has 0 bridgehead atoms. The van der Waals surface area contributed by atoms with Gasteiger partial charge in [-0.1, -0.05) is 19.1 Å². The van der Waals surface area contributed by atoms with Crippen molar-refractivity contribution >= 4 is 17.5 Å². The molecule has 0 radical (unpaired) electrons. The van der Waals surface area contributed by atoms with Crippen LogP contribution < -0.4 is 5.32 Å². The fourth-order valence-corrected chi connectivity index (χ4v) is 3.29. The first-order valence-corrected chi connectivity index (χ1v) is 9.15. The van der Waals surface area contributed by atoms with E-state index in [0.29, 0.717) is 30.9 Å². The normalized spacial score (nSPS) is 17.2. The number of nitrogens with one attached hydrogen (secondary N) is 1. The summed E-state index contributed by atoms with van der Waals surface area (Å²) in [5.41, 5.74) is 1.53. The summed E-state index contributed by atoms with van der Waals surface area (Å²) in [4.78, 5) is 31.1. The van der Waals surface area contributed by atoms with Crippen LogP contribution in [0, 0.1) is 0 Å². The topological polar surface area (TPSA) is 80.1 Å². The minimum absolute atomic E-state index is 0.0683. The molecule has 7 nitrogen and oxygen atoms in total. The van der Waals surface area contributed by atoms with E-state index in [0.717, 1.165) is 24.8 Å². The summed E-state index contributed by atoms with van der Waals surface area (Å²) < 4.78 is 1.64. The predicted molar refractivity (Wildman–Crippen MR) is 99.3 cm³/mol. The number of aryl methyl sites for hydroxylation is 1. The third-order valence-corrected chi connectivity index (χ3v) is 4.58. The quantitative estimate of drug-likeness (QED) is 0.894. The number of piperidine rings is 1. The first-order valence-electron chi connectivity index (χ1n) is 9.15. The van der Waals surface area contributed by atoms with E-state index in [2.05, 4.69) is 15.4 Å². The Labute approximate surface area is 153 Å². The second-order valence-electron chi connectivity index (χ2n) is 6.66. The van der Waals surface area contributed by atoms with Crippen molar-refractivity contribution in [2.24, 2.45) is 7.05 Å². The first-order chi connectivity index (χ1) is 12.6. The lowest BCUT2D eigenvalue weighted by atomic mass is 10.0. The van der Waals surface area contributed by atoms with Gasteiger partial charge in [0.2, 0.25) is 11.8 Å². The summed E-state index contributed by atoms with van der Waals surface area (Å²) >= 11 is 0. The molecule has 0 spiro atoms. The van der Waals surface area contributed by atoms with Crippen LogP contribution in [0.1, 0.15) is 39.0 Å². The largest absolute Gasteiger partial charge is 0.331 e. The van der Waals surface area contributed by atoms with Gasteiger partial charge in [0, 0.05) is 31.3 Å². The molecule has 1 atom stereocenters. The van der Waals surface area contributed by atoms with Crippen molar-refractivity contribution in [3.63, 3.8) is 0 Å². The van der Waals surface area contributed by atoms with Crippen LogP contribution >= 0.6 is 0 Å². The Morgan fingerprint density at radius 1 is 1.31 bits per heavy atom. The van der Waals surface area contributed by atoms with Crippen LogP contribution in [0.3, 0.4) is 0 Å². The van der Waals surface area contributed by atoms with Crippen molar-refractivity contribution in [3.05, 3.63) is 30.6 Å². The van der Waals surface area contributed by atoms with Crippen LogP contribution in [0.2, 0.25) is 0 Å². The maximum absolute atomic E-state index is 12.8. The summed E-state index contributed by atoms with van der Waals surface area (Å²) in [6, 6.07) is 7.07. The first kappa shape index (κ1) is 18.1. The number of aromatic nitrogens is 3. The fourth-order valence-electron chi connectivity index (χ4n) is 3.29. The molecular weight excluding hydrogens is 330 g/mol. The van der Waals surface area contributed by atoms with E-state index in [1.807, 2.05) is 38.2 Å². The SMILES string of the molecule is CCCC(=O)N1CCCCC1C(=O)Nc1cccc(-c2ncn(C)n2)c1. The van der Waals surface area contributed by atoms with Gasteiger partial charge < -0.3 is 10.2 Å². The van der Waals surface area contributed by atoms with Gasteiger partial charge in [-0.15, -0.1) is 0 Å². The van der Waals surface area contributed by atoms with E-state index < -0.39 is 0 Å². The molecule has 3 rings (SSSR count). The van der Waals surface area contributed by atoms with Crippen LogP contribution in [0.5, 0.6) is 0 Å². The molecular formula is C19H25N5O2. The van der Waals surface area contributed by atoms with Crippen molar-refractivity contribution in [1.29, 1.82) is 0 Å². The standard InChI is InChI=1S/C19H25N5O2/c1-3-7-17(25)24-11-5-4-10-16(24)19(26)21-15-9-6-8-14(12-15)18-20-13-23(2)22-18/h6,8-9,12-13,16H,3-5,7,10-11H2,1-2H3,(H,21,26). The Kier molecular flexibility index (Phi) is 5.65. The van der Waals surface area contributed by atoms with Gasteiger partial charge in [-0.2, -0.15) is 5.10 Å². The van der Waals surface area contributed by atoms with Gasteiger partial charge in [0.15, 0.2) is 5.82 Å². The highest BCUT2D eigenvalue weighted by Crippen LogP contribution is 2.22. The number of likely N-dealkylation sites (tertiary alicyclic amines) is 1. The maximum Gasteiger partial charge on any atom is 0.247 e. The van der Waals surface area contributed by atoms with Crippen molar-refractivity contribution in [1.82, 2.24) is 19.7 Å². The van der Waals surface area contributed by atoms with Crippen LogP contribution in [0.4, 0.5) is 5.69 Å². The zero-order valence-electron chi connectivity index (χ0n) is 15.3. The molecule has 1 aliphatic rings. The van der Waals surface area contributed by atoms with Gasteiger partial charge >= 0.3 is 0 Å². The number of nitrogens with zero attached hydrogens (tertiary/aromatic N) is 4. The second kappa shape index (κ2) is 8.12. The molecule has 138 valence electrons. The van der Waals surface area contributed by atoms with E-state index in [1.54, 1.807) is 15.9 Å². The minimum atomic E-state index is -0.389. The number of rotatable bonds is 5. The molecule has 2 heterocycles. The van der Waals surface area contributed by atoms with Gasteiger partial charge in [0.25, 0.3) is 0 Å². The number of amides is 2. The molecule has 1 fully saturated rings. The van der Waals surface area contributed by atoms with Crippen molar-refractivity contribution in [2.75, 3.05) is 11.9 Å². The Hall–Kier alpha value is -2.70. The second-order valence-corrected chi connectivity index (χ2v) is 6.66. The highest BCUT2D eigenvalue weighted by Gasteiger charge is 2.31. The Morgan fingerprint density at radius 2 is 2.15 bits per heavy atom. The third-order valence-electron chi connectivity index (χ3n) is 4.58. The van der Waals surface area contributed by atoms with E-state index in [-0.39, 0.29) is 17.9 Å². The van der Waals surface area contributed by atoms with Gasteiger partial charge in [0.1, 0.15) is 12.4 Å². The maximum atomic E-state index is 12.8. The molecule has 2 amide bonds. The molecule has 1 saturated heterocycles. The van der Waals surface area contributed by atoms with Crippen LogP contribution in [-0.4, -0.2) is 44.1 Å². The van der Waals surface area contributed by atoms with E-state index in [4.69, 9.17) is 0 Å². The summed E-state index contributed by atoms with van der Waals surface area (Å²) in [6.07, 6.45) is 5.56. The molecule has 1 N–H and O–H groups in total. The number of hydrogen-bond donors (Lipinski definition) is 1. The van der Waals surface area contributed by atoms with Crippen molar-refractivity contribution in [2.45, 2.75) is 45.1 Å². The monoisotopic (exact) mass is 355 g/mol. The van der Waals surface area contributed by atoms with Crippen LogP contribution in [-0.2, 0) is 16.6 Å². The van der Waals surface area contributed by atoms with Crippen LogP contribution in [0.25, 0.3) is 11.4 Å². The molecule has 1 aromatic carbocycles. The van der Waals surface area contributed by atoms with E-state index in [9.17, 15) is 9.59 Å². The Morgan fingerprint density at radius 3 is 2.88 bits per heavy atom. The van der Waals surface area contributed by atoms with E-state index in [1.165, 1.54) is 0 Å². The molecule has 1 unspecified atom stereocenters. The number of carbonyl (C=O) groups excluding carboxylic acids is 2. The Bertz CT molecular complexity index is 786. The lowest BCUT2D eigenvalue weighted by molar-refractivity contribution is -0.140. The number of benzene rings is 1. The summed E-state index contributed by atoms with van der Waals surface area (Å²) in [5, 5.41) is 7.25. The highest BCUT2D eigenvalue weighted by atomic mass is 16.2. The number of hydrogen-bond acceptors (Lipinski definition) is 4. The van der Waals surface area contributed by atoms with Gasteiger partial charge in [-0.05, 0) is 37.8 Å². The average molecular weight is 355 g/mol. The molecule has 26 heavy (non-hydrogen) atoms. The lowest BCUT2D eigenvalue weighted by Crippen LogP contribution is -2.49. The summed E-state index contributed by atoms with van der Waals surface area (Å²) in [6.45, 7) is 2.64.